The van der Waals surface area contributed by atoms with Crippen molar-refractivity contribution in [2.24, 2.45) is 0 Å². The first kappa shape index (κ1) is 19.3. The first-order valence-electron chi connectivity index (χ1n) is 7.47. The van der Waals surface area contributed by atoms with Crippen LogP contribution in [0.15, 0.2) is 0 Å². The van der Waals surface area contributed by atoms with Crippen molar-refractivity contribution in [3.63, 3.8) is 0 Å². The Morgan fingerprint density at radius 2 is 1.48 bits per heavy atom. The Balaban J connectivity index is 2.36. The Kier molecular flexibility index (Phi) is 5.47. The van der Waals surface area contributed by atoms with Gasteiger partial charge in [0.15, 0.2) is 0 Å². The van der Waals surface area contributed by atoms with E-state index in [0.717, 1.165) is 19.3 Å². The maximum Gasteiger partial charge on any atom is 0.434 e. The smallest absolute Gasteiger partial charge is 0.434 e. The molecule has 1 aromatic rings. The van der Waals surface area contributed by atoms with Crippen molar-refractivity contribution < 1.29 is 31.1 Å². The molecular formula is C13H17F6N5O. The Morgan fingerprint density at radius 1 is 0.920 bits per heavy atom. The predicted molar refractivity (Wildman–Crippen MR) is 76.7 cm³/mol. The average Bonchev–Trinajstić information content (AvgIpc) is 2.51. The van der Waals surface area contributed by atoms with Crippen LogP contribution in [0.1, 0.15) is 19.3 Å². The zero-order chi connectivity index (χ0) is 18.8. The van der Waals surface area contributed by atoms with Crippen LogP contribution in [0.2, 0.25) is 0 Å². The number of hydrogen-bond donors (Lipinski definition) is 0. The number of piperidine rings is 1. The molecule has 6 nitrogen and oxygen atoms in total. The van der Waals surface area contributed by atoms with Crippen molar-refractivity contribution >= 4 is 11.9 Å². The van der Waals surface area contributed by atoms with Crippen molar-refractivity contribution in [3.05, 3.63) is 0 Å². The molecular weight excluding hydrogens is 356 g/mol. The second-order valence-electron chi connectivity index (χ2n) is 5.74. The maximum absolute atomic E-state index is 12.7. The molecule has 25 heavy (non-hydrogen) atoms. The third kappa shape index (κ3) is 4.98. The van der Waals surface area contributed by atoms with Gasteiger partial charge in [0.05, 0.1) is 0 Å². The van der Waals surface area contributed by atoms with Gasteiger partial charge >= 0.3 is 18.4 Å². The fourth-order valence-corrected chi connectivity index (χ4v) is 2.25. The molecule has 12 heteroatoms. The molecule has 1 fully saturated rings. The van der Waals surface area contributed by atoms with E-state index in [2.05, 4.69) is 19.7 Å². The van der Waals surface area contributed by atoms with Crippen LogP contribution in [0, 0.1) is 0 Å². The molecule has 1 aliphatic heterocycles. The highest BCUT2D eigenvalue weighted by Gasteiger charge is 2.59. The lowest BCUT2D eigenvalue weighted by Gasteiger charge is -2.28. The molecule has 0 saturated carbocycles. The van der Waals surface area contributed by atoms with Gasteiger partial charge in [0.1, 0.15) is 0 Å². The van der Waals surface area contributed by atoms with Gasteiger partial charge in [0.25, 0.3) is 6.10 Å². The zero-order valence-electron chi connectivity index (χ0n) is 13.5. The number of alkyl halides is 6. The normalized spacial score (nSPS) is 16.3. The SMILES string of the molecule is CN(C)c1nc(OC(C(F)(F)F)C(F)(F)F)nc(N2CCCCC2)n1. The summed E-state index contributed by atoms with van der Waals surface area (Å²) in [5, 5.41) is 0. The number of hydrogen-bond acceptors (Lipinski definition) is 6. The first-order chi connectivity index (χ1) is 11.5. The van der Waals surface area contributed by atoms with Crippen LogP contribution >= 0.6 is 0 Å². The largest absolute Gasteiger partial charge is 0.440 e. The molecule has 0 aromatic carbocycles. The van der Waals surface area contributed by atoms with Gasteiger partial charge in [-0.15, -0.1) is 0 Å². The van der Waals surface area contributed by atoms with E-state index in [4.69, 9.17) is 0 Å². The summed E-state index contributed by atoms with van der Waals surface area (Å²) in [6, 6.07) is -1.01. The Labute approximate surface area is 139 Å². The van der Waals surface area contributed by atoms with Crippen LogP contribution < -0.4 is 14.5 Å². The number of rotatable bonds is 4. The highest BCUT2D eigenvalue weighted by molar-refractivity contribution is 5.39. The average molecular weight is 373 g/mol. The van der Waals surface area contributed by atoms with E-state index in [1.807, 2.05) is 0 Å². The summed E-state index contributed by atoms with van der Waals surface area (Å²) in [6.07, 6.45) is -12.7. The van der Waals surface area contributed by atoms with Gasteiger partial charge in [-0.3, -0.25) is 0 Å². The summed E-state index contributed by atoms with van der Waals surface area (Å²) in [5.41, 5.74) is 0. The van der Waals surface area contributed by atoms with Gasteiger partial charge in [0.2, 0.25) is 11.9 Å². The molecule has 142 valence electrons. The van der Waals surface area contributed by atoms with E-state index >= 15 is 0 Å². The number of nitrogens with zero attached hydrogens (tertiary/aromatic N) is 5. The zero-order valence-corrected chi connectivity index (χ0v) is 13.5. The topological polar surface area (TPSA) is 54.4 Å². The van der Waals surface area contributed by atoms with Crippen molar-refractivity contribution in [2.75, 3.05) is 37.0 Å². The van der Waals surface area contributed by atoms with Crippen molar-refractivity contribution in [1.29, 1.82) is 0 Å². The quantitative estimate of drug-likeness (QED) is 0.757. The summed E-state index contributed by atoms with van der Waals surface area (Å²) in [7, 11) is 3.01. The lowest BCUT2D eigenvalue weighted by Crippen LogP contribution is -2.47. The van der Waals surface area contributed by atoms with Crippen LogP contribution in [0.25, 0.3) is 0 Å². The molecule has 0 unspecified atom stereocenters. The third-order valence-corrected chi connectivity index (χ3v) is 3.45. The van der Waals surface area contributed by atoms with Gasteiger partial charge in [0, 0.05) is 27.2 Å². The Morgan fingerprint density at radius 3 is 1.96 bits per heavy atom. The predicted octanol–water partition coefficient (Wildman–Crippen LogP) is 2.80. The molecule has 0 aliphatic carbocycles. The summed E-state index contributed by atoms with van der Waals surface area (Å²) >= 11 is 0. The molecule has 0 bridgehead atoms. The molecule has 2 heterocycles. The number of halogens is 6. The summed E-state index contributed by atoms with van der Waals surface area (Å²) in [5.74, 6) is -0.0924. The molecule has 1 aromatic heterocycles. The van der Waals surface area contributed by atoms with Gasteiger partial charge in [-0.25, -0.2) is 0 Å². The standard InChI is InChI=1S/C13H17F6N5O/c1-23(2)9-20-10(24-6-4-3-5-7-24)22-11(21-9)25-8(12(14,15)16)13(17,18)19/h8H,3-7H2,1-2H3. The van der Waals surface area contributed by atoms with Crippen LogP contribution in [0.3, 0.4) is 0 Å². The van der Waals surface area contributed by atoms with Crippen molar-refractivity contribution in [2.45, 2.75) is 37.7 Å². The minimum atomic E-state index is -5.64. The molecule has 1 aliphatic rings. The second-order valence-corrected chi connectivity index (χ2v) is 5.74. The van der Waals surface area contributed by atoms with E-state index in [9.17, 15) is 26.3 Å². The van der Waals surface area contributed by atoms with E-state index in [-0.39, 0.29) is 11.9 Å². The number of ether oxygens (including phenoxy) is 1. The maximum atomic E-state index is 12.7. The summed E-state index contributed by atoms with van der Waals surface area (Å²) < 4.78 is 80.2. The number of aromatic nitrogens is 3. The molecule has 0 atom stereocenters. The summed E-state index contributed by atoms with van der Waals surface area (Å²) in [4.78, 5) is 14.3. The van der Waals surface area contributed by atoms with E-state index in [0.29, 0.717) is 13.1 Å². The monoisotopic (exact) mass is 373 g/mol. The van der Waals surface area contributed by atoms with Crippen LogP contribution in [0.4, 0.5) is 38.2 Å². The minimum absolute atomic E-state index is 0.00324. The number of anilines is 2. The Hall–Kier alpha value is -2.01. The highest BCUT2D eigenvalue weighted by atomic mass is 19.4. The fraction of sp³-hybridized carbons (Fsp3) is 0.769. The van der Waals surface area contributed by atoms with Crippen LogP contribution in [-0.2, 0) is 0 Å². The van der Waals surface area contributed by atoms with E-state index in [1.165, 1.54) is 19.0 Å². The van der Waals surface area contributed by atoms with Gasteiger partial charge < -0.3 is 14.5 Å². The second kappa shape index (κ2) is 7.08. The first-order valence-corrected chi connectivity index (χ1v) is 7.47. The minimum Gasteiger partial charge on any atom is -0.440 e. The molecule has 0 amide bonds. The molecule has 2 rings (SSSR count). The van der Waals surface area contributed by atoms with E-state index < -0.39 is 24.5 Å². The lowest BCUT2D eigenvalue weighted by molar-refractivity contribution is -0.301. The molecule has 1 saturated heterocycles. The van der Waals surface area contributed by atoms with E-state index in [1.54, 1.807) is 4.90 Å². The summed E-state index contributed by atoms with van der Waals surface area (Å²) in [6.45, 7) is 1.11. The highest BCUT2D eigenvalue weighted by Crippen LogP contribution is 2.36. The van der Waals surface area contributed by atoms with Crippen LogP contribution in [-0.4, -0.2) is 60.6 Å². The molecule has 0 N–H and O–H groups in total. The molecule has 0 spiro atoms. The Bertz CT molecular complexity index is 571. The fourth-order valence-electron chi connectivity index (χ4n) is 2.25. The van der Waals surface area contributed by atoms with Crippen LogP contribution in [0.5, 0.6) is 6.01 Å². The lowest BCUT2D eigenvalue weighted by atomic mass is 10.1. The van der Waals surface area contributed by atoms with Gasteiger partial charge in [-0.2, -0.15) is 41.3 Å². The van der Waals surface area contributed by atoms with Crippen molar-refractivity contribution in [3.8, 4) is 6.01 Å². The van der Waals surface area contributed by atoms with Gasteiger partial charge in [-0.05, 0) is 19.3 Å². The van der Waals surface area contributed by atoms with Crippen molar-refractivity contribution in [1.82, 2.24) is 15.0 Å². The third-order valence-electron chi connectivity index (χ3n) is 3.45. The molecule has 0 radical (unpaired) electrons. The van der Waals surface area contributed by atoms with Gasteiger partial charge in [-0.1, -0.05) is 0 Å².